The summed E-state index contributed by atoms with van der Waals surface area (Å²) in [6.45, 7) is -0.237. The lowest BCUT2D eigenvalue weighted by Gasteiger charge is -2.20. The Kier molecular flexibility index (Phi) is 4.22. The van der Waals surface area contributed by atoms with Crippen molar-refractivity contribution in [2.75, 3.05) is 23.9 Å². The van der Waals surface area contributed by atoms with Crippen molar-refractivity contribution in [2.45, 2.75) is 6.42 Å². The molecule has 3 N–H and O–H groups in total. The Hall–Kier alpha value is -2.83. The van der Waals surface area contributed by atoms with Crippen LogP contribution in [0, 0.1) is 0 Å². The molecular weight excluding hydrogens is 274 g/mol. The van der Waals surface area contributed by atoms with E-state index in [-0.39, 0.29) is 13.0 Å². The minimum atomic E-state index is -0.622. The van der Waals surface area contributed by atoms with Crippen molar-refractivity contribution in [3.8, 4) is 0 Å². The summed E-state index contributed by atoms with van der Waals surface area (Å²) in [5.41, 5.74) is 6.71. The lowest BCUT2D eigenvalue weighted by atomic mass is 10.2. The lowest BCUT2D eigenvalue weighted by molar-refractivity contribution is -0.139. The highest BCUT2D eigenvalue weighted by Gasteiger charge is 2.24. The van der Waals surface area contributed by atoms with Gasteiger partial charge in [-0.05, 0) is 12.1 Å². The molecule has 0 radical (unpaired) electrons. The van der Waals surface area contributed by atoms with Crippen LogP contribution in [0.15, 0.2) is 36.0 Å². The highest BCUT2D eigenvalue weighted by atomic mass is 16.5. The van der Waals surface area contributed by atoms with Crippen LogP contribution in [0.5, 0.6) is 0 Å². The van der Waals surface area contributed by atoms with Gasteiger partial charge in [-0.3, -0.25) is 19.3 Å². The largest absolute Gasteiger partial charge is 0.469 e. The van der Waals surface area contributed by atoms with Crippen LogP contribution in [0.4, 0.5) is 11.4 Å². The summed E-state index contributed by atoms with van der Waals surface area (Å²) in [6.07, 6.45) is 1.20. The fourth-order valence-corrected chi connectivity index (χ4v) is 2.01. The number of methoxy groups -OCH3 is 1. The van der Waals surface area contributed by atoms with Crippen molar-refractivity contribution >= 4 is 29.2 Å². The standard InChI is InChI=1S/C14H15N3O4/c1-21-14(20)7-9-6-13(19)17(8-12(15)18)11-5-3-2-4-10(11)16-9/h2-6,16H,7-8H2,1H3,(H2,15,18). The molecular formula is C14H15N3O4. The van der Waals surface area contributed by atoms with E-state index in [9.17, 15) is 14.4 Å². The van der Waals surface area contributed by atoms with E-state index in [0.717, 1.165) is 0 Å². The van der Waals surface area contributed by atoms with Gasteiger partial charge in [-0.2, -0.15) is 0 Å². The first kappa shape index (κ1) is 14.6. The van der Waals surface area contributed by atoms with E-state index in [1.807, 2.05) is 0 Å². The molecule has 2 rings (SSSR count). The quantitative estimate of drug-likeness (QED) is 0.780. The van der Waals surface area contributed by atoms with E-state index in [1.54, 1.807) is 24.3 Å². The van der Waals surface area contributed by atoms with Crippen LogP contribution in [0.1, 0.15) is 6.42 Å². The molecule has 0 saturated carbocycles. The zero-order chi connectivity index (χ0) is 15.4. The minimum absolute atomic E-state index is 0.0685. The lowest BCUT2D eigenvalue weighted by Crippen LogP contribution is -2.37. The van der Waals surface area contributed by atoms with Crippen molar-refractivity contribution in [2.24, 2.45) is 5.73 Å². The van der Waals surface area contributed by atoms with Crippen LogP contribution in [-0.4, -0.2) is 31.4 Å². The Morgan fingerprint density at radius 1 is 1.33 bits per heavy atom. The number of hydrogen-bond donors (Lipinski definition) is 2. The van der Waals surface area contributed by atoms with Gasteiger partial charge in [0, 0.05) is 11.8 Å². The molecule has 7 nitrogen and oxygen atoms in total. The van der Waals surface area contributed by atoms with Crippen LogP contribution < -0.4 is 16.0 Å². The molecule has 0 aliphatic carbocycles. The van der Waals surface area contributed by atoms with Crippen molar-refractivity contribution in [3.05, 3.63) is 36.0 Å². The van der Waals surface area contributed by atoms with E-state index in [4.69, 9.17) is 5.73 Å². The maximum absolute atomic E-state index is 12.2. The summed E-state index contributed by atoms with van der Waals surface area (Å²) < 4.78 is 4.59. The zero-order valence-corrected chi connectivity index (χ0v) is 11.5. The van der Waals surface area contributed by atoms with Crippen LogP contribution in [0.3, 0.4) is 0 Å². The second-order valence-corrected chi connectivity index (χ2v) is 4.46. The fraction of sp³-hybridized carbons (Fsp3) is 0.214. The number of carbonyl (C=O) groups is 3. The first-order valence-corrected chi connectivity index (χ1v) is 6.24. The molecule has 0 atom stereocenters. The zero-order valence-electron chi connectivity index (χ0n) is 11.5. The second kappa shape index (κ2) is 6.08. The molecule has 2 amide bonds. The number of nitrogens with zero attached hydrogens (tertiary/aromatic N) is 1. The number of rotatable bonds is 4. The number of nitrogens with one attached hydrogen (secondary N) is 1. The number of nitrogens with two attached hydrogens (primary N) is 1. The molecule has 0 bridgehead atoms. The highest BCUT2D eigenvalue weighted by Crippen LogP contribution is 2.30. The van der Waals surface area contributed by atoms with Crippen molar-refractivity contribution < 1.29 is 19.1 Å². The average molecular weight is 289 g/mol. The van der Waals surface area contributed by atoms with E-state index in [0.29, 0.717) is 17.1 Å². The predicted molar refractivity (Wildman–Crippen MR) is 76.3 cm³/mol. The molecule has 7 heteroatoms. The maximum atomic E-state index is 12.2. The number of carbonyl (C=O) groups excluding carboxylic acids is 3. The number of para-hydroxylation sites is 2. The number of hydrogen-bond acceptors (Lipinski definition) is 5. The maximum Gasteiger partial charge on any atom is 0.311 e. The summed E-state index contributed by atoms with van der Waals surface area (Å²) in [4.78, 5) is 36.0. The number of amides is 2. The average Bonchev–Trinajstić information content (AvgIpc) is 2.56. The van der Waals surface area contributed by atoms with Crippen LogP contribution in [0.2, 0.25) is 0 Å². The van der Waals surface area contributed by atoms with Gasteiger partial charge in [0.2, 0.25) is 5.91 Å². The predicted octanol–water partition coefficient (Wildman–Crippen LogP) is 0.377. The van der Waals surface area contributed by atoms with Gasteiger partial charge >= 0.3 is 5.97 Å². The first-order chi connectivity index (χ1) is 10.0. The Morgan fingerprint density at radius 2 is 2.05 bits per heavy atom. The van der Waals surface area contributed by atoms with E-state index >= 15 is 0 Å². The number of ether oxygens (including phenoxy) is 1. The molecule has 0 saturated heterocycles. The van der Waals surface area contributed by atoms with Crippen molar-refractivity contribution in [1.82, 2.24) is 0 Å². The summed E-state index contributed by atoms with van der Waals surface area (Å²) in [6, 6.07) is 6.96. The number of esters is 1. The van der Waals surface area contributed by atoms with Crippen LogP contribution >= 0.6 is 0 Å². The molecule has 110 valence electrons. The number of anilines is 2. The molecule has 0 aromatic heterocycles. The molecule has 0 unspecified atom stereocenters. The topological polar surface area (TPSA) is 102 Å². The monoisotopic (exact) mass is 289 g/mol. The number of primary amides is 1. The summed E-state index contributed by atoms with van der Waals surface area (Å²) in [5.74, 6) is -1.52. The smallest absolute Gasteiger partial charge is 0.311 e. The van der Waals surface area contributed by atoms with Gasteiger partial charge in [0.15, 0.2) is 0 Å². The van der Waals surface area contributed by atoms with E-state index < -0.39 is 17.8 Å². The minimum Gasteiger partial charge on any atom is -0.469 e. The molecule has 1 aromatic rings. The highest BCUT2D eigenvalue weighted by molar-refractivity contribution is 6.08. The van der Waals surface area contributed by atoms with Gasteiger partial charge in [0.1, 0.15) is 6.54 Å². The van der Waals surface area contributed by atoms with Gasteiger partial charge in [-0.15, -0.1) is 0 Å². The third kappa shape index (κ3) is 3.38. The molecule has 1 aliphatic rings. The molecule has 0 spiro atoms. The molecule has 1 aliphatic heterocycles. The normalized spacial score (nSPS) is 13.7. The third-order valence-corrected chi connectivity index (χ3v) is 2.93. The van der Waals surface area contributed by atoms with E-state index in [2.05, 4.69) is 10.1 Å². The van der Waals surface area contributed by atoms with Gasteiger partial charge in [0.25, 0.3) is 5.91 Å². The Morgan fingerprint density at radius 3 is 2.71 bits per heavy atom. The van der Waals surface area contributed by atoms with Gasteiger partial charge in [0.05, 0.1) is 24.9 Å². The number of fused-ring (bicyclic) bond motifs is 1. The number of benzene rings is 1. The van der Waals surface area contributed by atoms with Gasteiger partial charge < -0.3 is 15.8 Å². The van der Waals surface area contributed by atoms with Crippen molar-refractivity contribution in [1.29, 1.82) is 0 Å². The molecule has 1 heterocycles. The van der Waals surface area contributed by atoms with Gasteiger partial charge in [-0.1, -0.05) is 12.1 Å². The van der Waals surface area contributed by atoms with Crippen LogP contribution in [0.25, 0.3) is 0 Å². The van der Waals surface area contributed by atoms with Gasteiger partial charge in [-0.25, -0.2) is 0 Å². The third-order valence-electron chi connectivity index (χ3n) is 2.93. The van der Waals surface area contributed by atoms with E-state index in [1.165, 1.54) is 18.1 Å². The Labute approximate surface area is 121 Å². The second-order valence-electron chi connectivity index (χ2n) is 4.46. The summed E-state index contributed by atoms with van der Waals surface area (Å²) in [7, 11) is 1.27. The van der Waals surface area contributed by atoms with Crippen LogP contribution in [-0.2, 0) is 19.1 Å². The Bertz CT molecular complexity index is 624. The fourth-order valence-electron chi connectivity index (χ4n) is 2.01. The summed E-state index contributed by atoms with van der Waals surface area (Å²) in [5, 5.41) is 3.00. The summed E-state index contributed by atoms with van der Waals surface area (Å²) >= 11 is 0. The SMILES string of the molecule is COC(=O)CC1=CC(=O)N(CC(N)=O)c2ccccc2N1. The van der Waals surface area contributed by atoms with Crippen molar-refractivity contribution in [3.63, 3.8) is 0 Å². The molecule has 21 heavy (non-hydrogen) atoms. The molecule has 0 fully saturated rings. The Balaban J connectivity index is 2.39. The molecule has 1 aromatic carbocycles. The first-order valence-electron chi connectivity index (χ1n) is 6.24.